The van der Waals surface area contributed by atoms with Gasteiger partial charge in [-0.2, -0.15) is 0 Å². The molecule has 2 bridgehead atoms. The van der Waals surface area contributed by atoms with E-state index in [2.05, 4.69) is 4.98 Å². The van der Waals surface area contributed by atoms with Crippen LogP contribution in [-0.2, 0) is 4.74 Å². The average molecular weight is 242 g/mol. The first-order valence-corrected chi connectivity index (χ1v) is 5.08. The number of aromatic amines is 1. The Hall–Kier alpha value is -1.64. The summed E-state index contributed by atoms with van der Waals surface area (Å²) in [7, 11) is 0. The highest BCUT2D eigenvalue weighted by Gasteiger charge is 2.50. The van der Waals surface area contributed by atoms with E-state index in [4.69, 9.17) is 14.6 Å². The molecule has 4 atom stereocenters. The van der Waals surface area contributed by atoms with E-state index >= 15 is 0 Å². The van der Waals surface area contributed by atoms with Crippen LogP contribution in [0.2, 0.25) is 0 Å². The molecular formula is C9H10N2O6. The van der Waals surface area contributed by atoms with Crippen LogP contribution in [0.15, 0.2) is 15.7 Å². The lowest BCUT2D eigenvalue weighted by molar-refractivity contribution is -0.0562. The molecule has 92 valence electrons. The molecule has 0 radical (unpaired) electrons. The van der Waals surface area contributed by atoms with Gasteiger partial charge in [0.25, 0.3) is 5.56 Å². The zero-order valence-electron chi connectivity index (χ0n) is 8.57. The van der Waals surface area contributed by atoms with E-state index in [1.807, 2.05) is 0 Å². The maximum absolute atomic E-state index is 11.6. The summed E-state index contributed by atoms with van der Waals surface area (Å²) in [5, 5.41) is 18.9. The fourth-order valence-corrected chi connectivity index (χ4v) is 2.18. The van der Waals surface area contributed by atoms with Crippen LogP contribution >= 0.6 is 0 Å². The SMILES string of the molecule is O=c1cc2n(c(=O)[nH]1)[C@@H]1O[C@H](CO)[C@H](O2)[C@H]1O. The van der Waals surface area contributed by atoms with Gasteiger partial charge in [0.15, 0.2) is 12.3 Å². The largest absolute Gasteiger partial charge is 0.469 e. The second-order valence-electron chi connectivity index (χ2n) is 3.97. The van der Waals surface area contributed by atoms with E-state index in [0.29, 0.717) is 0 Å². The minimum atomic E-state index is -1.05. The van der Waals surface area contributed by atoms with Crippen LogP contribution in [0.5, 0.6) is 5.88 Å². The highest BCUT2D eigenvalue weighted by molar-refractivity contribution is 5.16. The molecule has 0 aliphatic carbocycles. The zero-order chi connectivity index (χ0) is 12.2. The van der Waals surface area contributed by atoms with Gasteiger partial charge in [-0.3, -0.25) is 9.78 Å². The predicted molar refractivity (Wildman–Crippen MR) is 52.7 cm³/mol. The standard InChI is InChI=1S/C9H10N2O6/c12-2-3-7-6(14)8(16-3)11-5(17-7)1-4(13)10-9(11)15/h1,3,6-8,12,14H,2H2,(H,10,13,15)/t3-,6-,7+,8-/m1/s1. The normalized spacial score (nSPS) is 34.2. The average Bonchev–Trinajstić information content (AvgIpc) is 2.48. The van der Waals surface area contributed by atoms with Gasteiger partial charge in [-0.05, 0) is 0 Å². The van der Waals surface area contributed by atoms with Crippen molar-refractivity contribution in [2.75, 3.05) is 6.61 Å². The lowest BCUT2D eigenvalue weighted by Crippen LogP contribution is -2.46. The zero-order valence-corrected chi connectivity index (χ0v) is 8.57. The van der Waals surface area contributed by atoms with Crippen molar-refractivity contribution in [3.63, 3.8) is 0 Å². The molecule has 1 aromatic heterocycles. The molecule has 0 saturated carbocycles. The number of aromatic nitrogens is 2. The molecule has 1 aromatic rings. The number of fused-ring (bicyclic) bond motifs is 4. The number of ether oxygens (including phenoxy) is 2. The Morgan fingerprint density at radius 1 is 1.47 bits per heavy atom. The highest BCUT2D eigenvalue weighted by atomic mass is 16.6. The Labute approximate surface area is 94.0 Å². The van der Waals surface area contributed by atoms with Crippen molar-refractivity contribution in [3.8, 4) is 5.88 Å². The molecule has 0 spiro atoms. The molecule has 8 nitrogen and oxygen atoms in total. The monoisotopic (exact) mass is 242 g/mol. The van der Waals surface area contributed by atoms with Gasteiger partial charge in [0.2, 0.25) is 5.88 Å². The second kappa shape index (κ2) is 3.42. The summed E-state index contributed by atoms with van der Waals surface area (Å²) in [5.41, 5.74) is -1.30. The molecule has 0 unspecified atom stereocenters. The van der Waals surface area contributed by atoms with Crippen LogP contribution < -0.4 is 16.0 Å². The number of nitrogens with zero attached hydrogens (tertiary/aromatic N) is 1. The molecule has 2 aliphatic heterocycles. The number of nitrogens with one attached hydrogen (secondary N) is 1. The lowest BCUT2D eigenvalue weighted by atomic mass is 10.1. The Morgan fingerprint density at radius 2 is 2.24 bits per heavy atom. The van der Waals surface area contributed by atoms with Crippen LogP contribution in [0.1, 0.15) is 6.23 Å². The molecule has 3 rings (SSSR count). The van der Waals surface area contributed by atoms with Gasteiger partial charge in [0.05, 0.1) is 12.7 Å². The van der Waals surface area contributed by atoms with Crippen molar-refractivity contribution in [2.45, 2.75) is 24.5 Å². The van der Waals surface area contributed by atoms with E-state index < -0.39 is 35.8 Å². The minimum Gasteiger partial charge on any atom is -0.469 e. The maximum Gasteiger partial charge on any atom is 0.333 e. The van der Waals surface area contributed by atoms with Crippen molar-refractivity contribution < 1.29 is 19.7 Å². The molecule has 1 saturated heterocycles. The Kier molecular flexibility index (Phi) is 2.12. The van der Waals surface area contributed by atoms with Crippen LogP contribution in [-0.4, -0.2) is 44.7 Å². The molecule has 8 heteroatoms. The van der Waals surface area contributed by atoms with Gasteiger partial charge >= 0.3 is 5.69 Å². The molecular weight excluding hydrogens is 232 g/mol. The number of hydrogen-bond acceptors (Lipinski definition) is 6. The first-order valence-electron chi connectivity index (χ1n) is 5.08. The fraction of sp³-hybridized carbons (Fsp3) is 0.556. The van der Waals surface area contributed by atoms with Gasteiger partial charge in [-0.25, -0.2) is 9.36 Å². The molecule has 3 N–H and O–H groups in total. The number of aliphatic hydroxyl groups is 2. The summed E-state index contributed by atoms with van der Waals surface area (Å²) in [6.45, 7) is -0.338. The molecule has 1 fully saturated rings. The smallest absolute Gasteiger partial charge is 0.333 e. The number of hydrogen-bond donors (Lipinski definition) is 3. The van der Waals surface area contributed by atoms with Crippen molar-refractivity contribution in [1.29, 1.82) is 0 Å². The number of rotatable bonds is 1. The van der Waals surface area contributed by atoms with E-state index in [9.17, 15) is 14.7 Å². The van der Waals surface area contributed by atoms with Crippen molar-refractivity contribution in [2.24, 2.45) is 0 Å². The summed E-state index contributed by atoms with van der Waals surface area (Å²) in [4.78, 5) is 24.8. The predicted octanol–water partition coefficient (Wildman–Crippen LogP) is -2.45. The minimum absolute atomic E-state index is 0.0370. The summed E-state index contributed by atoms with van der Waals surface area (Å²) in [6.07, 6.45) is -3.48. The van der Waals surface area contributed by atoms with Crippen LogP contribution in [0.4, 0.5) is 0 Å². The molecule has 3 heterocycles. The van der Waals surface area contributed by atoms with E-state index in [1.165, 1.54) is 0 Å². The third-order valence-electron chi connectivity index (χ3n) is 2.94. The first kappa shape index (κ1) is 10.5. The summed E-state index contributed by atoms with van der Waals surface area (Å²) >= 11 is 0. The number of H-pyrrole nitrogens is 1. The molecule has 17 heavy (non-hydrogen) atoms. The topological polar surface area (TPSA) is 114 Å². The third kappa shape index (κ3) is 1.35. The Morgan fingerprint density at radius 3 is 2.94 bits per heavy atom. The first-order chi connectivity index (χ1) is 8.11. The molecule has 0 aromatic carbocycles. The summed E-state index contributed by atoms with van der Waals surface area (Å²) in [6, 6.07) is 1.11. The van der Waals surface area contributed by atoms with E-state index in [0.717, 1.165) is 10.6 Å². The van der Waals surface area contributed by atoms with Gasteiger partial charge in [0, 0.05) is 0 Å². The van der Waals surface area contributed by atoms with Crippen LogP contribution in [0.3, 0.4) is 0 Å². The summed E-state index contributed by atoms with van der Waals surface area (Å²) in [5.74, 6) is 0.0370. The van der Waals surface area contributed by atoms with Gasteiger partial charge < -0.3 is 19.7 Å². The second-order valence-corrected chi connectivity index (χ2v) is 3.97. The van der Waals surface area contributed by atoms with Gasteiger partial charge in [0.1, 0.15) is 12.2 Å². The van der Waals surface area contributed by atoms with Gasteiger partial charge in [-0.1, -0.05) is 0 Å². The van der Waals surface area contributed by atoms with Crippen LogP contribution in [0, 0.1) is 0 Å². The van der Waals surface area contributed by atoms with E-state index in [1.54, 1.807) is 0 Å². The highest BCUT2D eigenvalue weighted by Crippen LogP contribution is 2.37. The quantitative estimate of drug-likeness (QED) is 0.503. The maximum atomic E-state index is 11.6. The lowest BCUT2D eigenvalue weighted by Gasteiger charge is -2.28. The van der Waals surface area contributed by atoms with Crippen molar-refractivity contribution >= 4 is 0 Å². The third-order valence-corrected chi connectivity index (χ3v) is 2.94. The number of aliphatic hydroxyl groups excluding tert-OH is 2. The molecule has 2 aliphatic rings. The summed E-state index contributed by atoms with van der Waals surface area (Å²) < 4.78 is 11.6. The van der Waals surface area contributed by atoms with Crippen molar-refractivity contribution in [1.82, 2.24) is 9.55 Å². The van der Waals surface area contributed by atoms with Crippen LogP contribution in [0.25, 0.3) is 0 Å². The van der Waals surface area contributed by atoms with Gasteiger partial charge in [-0.15, -0.1) is 0 Å². The Balaban J connectivity index is 2.16. The Bertz CT molecular complexity index is 563. The van der Waals surface area contributed by atoms with Crippen molar-refractivity contribution in [3.05, 3.63) is 26.9 Å². The fourth-order valence-electron chi connectivity index (χ4n) is 2.18. The van der Waals surface area contributed by atoms with E-state index in [-0.39, 0.29) is 12.5 Å². The molecule has 0 amide bonds.